The first-order valence-electron chi connectivity index (χ1n) is 6.46. The lowest BCUT2D eigenvalue weighted by Crippen LogP contribution is -2.62. The lowest BCUT2D eigenvalue weighted by molar-refractivity contribution is -0.133. The van der Waals surface area contributed by atoms with Crippen LogP contribution in [0, 0.1) is 0 Å². The Hall–Kier alpha value is -1.75. The van der Waals surface area contributed by atoms with Crippen molar-refractivity contribution >= 4 is 11.6 Å². The second-order valence-corrected chi connectivity index (χ2v) is 4.90. The van der Waals surface area contributed by atoms with E-state index in [1.165, 1.54) is 0 Å². The van der Waals surface area contributed by atoms with E-state index < -0.39 is 0 Å². The van der Waals surface area contributed by atoms with Crippen molar-refractivity contribution in [2.75, 3.05) is 32.1 Å². The molecule has 104 valence electrons. The van der Waals surface area contributed by atoms with Gasteiger partial charge in [0.05, 0.1) is 12.8 Å². The summed E-state index contributed by atoms with van der Waals surface area (Å²) in [6, 6.07) is 7.61. The van der Waals surface area contributed by atoms with Crippen molar-refractivity contribution in [2.45, 2.75) is 19.0 Å². The smallest absolute Gasteiger partial charge is 0.246 e. The third-order valence-corrected chi connectivity index (χ3v) is 3.60. The van der Waals surface area contributed by atoms with Crippen LogP contribution < -0.4 is 15.4 Å². The molecule has 1 aromatic carbocycles. The zero-order valence-electron chi connectivity index (χ0n) is 11.7. The van der Waals surface area contributed by atoms with Gasteiger partial charge in [-0.05, 0) is 19.1 Å². The van der Waals surface area contributed by atoms with Crippen molar-refractivity contribution in [1.29, 1.82) is 0 Å². The molecular weight excluding hydrogens is 242 g/mol. The molecule has 2 unspecified atom stereocenters. The van der Waals surface area contributed by atoms with Gasteiger partial charge in [-0.1, -0.05) is 12.1 Å². The predicted molar refractivity (Wildman–Crippen MR) is 75.4 cm³/mol. The number of likely N-dealkylation sites (N-methyl/N-ethyl adjacent to an activating group) is 1. The Labute approximate surface area is 113 Å². The second-order valence-electron chi connectivity index (χ2n) is 4.90. The van der Waals surface area contributed by atoms with E-state index in [0.717, 1.165) is 11.4 Å². The van der Waals surface area contributed by atoms with E-state index in [-0.39, 0.29) is 18.0 Å². The first-order valence-corrected chi connectivity index (χ1v) is 6.46. The molecule has 1 aliphatic heterocycles. The molecule has 1 aromatic rings. The Balaban J connectivity index is 2.42. The largest absolute Gasteiger partial charge is 0.495 e. The molecule has 2 N–H and O–H groups in total. The molecule has 1 heterocycles. The SMILES string of the molecule is COc1ccccc1N1C(C)CN(C)C(=O)C1CN. The number of para-hydroxylation sites is 2. The number of nitrogens with zero attached hydrogens (tertiary/aromatic N) is 2. The topological polar surface area (TPSA) is 58.8 Å². The quantitative estimate of drug-likeness (QED) is 0.871. The van der Waals surface area contributed by atoms with Crippen LogP contribution in [-0.4, -0.2) is 50.1 Å². The Morgan fingerprint density at radius 1 is 1.42 bits per heavy atom. The number of anilines is 1. The Kier molecular flexibility index (Phi) is 3.95. The van der Waals surface area contributed by atoms with Crippen LogP contribution in [0.3, 0.4) is 0 Å². The van der Waals surface area contributed by atoms with Gasteiger partial charge in [0.2, 0.25) is 5.91 Å². The Morgan fingerprint density at radius 2 is 2.11 bits per heavy atom. The molecule has 0 spiro atoms. The monoisotopic (exact) mass is 263 g/mol. The number of benzene rings is 1. The lowest BCUT2D eigenvalue weighted by atomic mass is 10.0. The van der Waals surface area contributed by atoms with Gasteiger partial charge < -0.3 is 20.3 Å². The molecule has 5 heteroatoms. The summed E-state index contributed by atoms with van der Waals surface area (Å²) in [5, 5.41) is 0. The average Bonchev–Trinajstić information content (AvgIpc) is 2.42. The van der Waals surface area contributed by atoms with Crippen molar-refractivity contribution in [1.82, 2.24) is 4.90 Å². The van der Waals surface area contributed by atoms with E-state index in [0.29, 0.717) is 13.1 Å². The first-order chi connectivity index (χ1) is 9.10. The van der Waals surface area contributed by atoms with Crippen molar-refractivity contribution in [2.24, 2.45) is 5.73 Å². The molecule has 1 fully saturated rings. The minimum absolute atomic E-state index is 0.0616. The second kappa shape index (κ2) is 5.48. The van der Waals surface area contributed by atoms with Crippen LogP contribution >= 0.6 is 0 Å². The van der Waals surface area contributed by atoms with Gasteiger partial charge in [0.1, 0.15) is 11.8 Å². The van der Waals surface area contributed by atoms with Crippen molar-refractivity contribution in [3.05, 3.63) is 24.3 Å². The van der Waals surface area contributed by atoms with Crippen LogP contribution in [0.5, 0.6) is 5.75 Å². The molecule has 1 saturated heterocycles. The van der Waals surface area contributed by atoms with Crippen LogP contribution in [0.2, 0.25) is 0 Å². The number of amides is 1. The van der Waals surface area contributed by atoms with Gasteiger partial charge in [-0.25, -0.2) is 0 Å². The van der Waals surface area contributed by atoms with Crippen LogP contribution in [0.1, 0.15) is 6.92 Å². The van der Waals surface area contributed by atoms with Crippen molar-refractivity contribution in [3.63, 3.8) is 0 Å². The van der Waals surface area contributed by atoms with Crippen molar-refractivity contribution < 1.29 is 9.53 Å². The zero-order valence-corrected chi connectivity index (χ0v) is 11.7. The fourth-order valence-electron chi connectivity index (χ4n) is 2.72. The van der Waals surface area contributed by atoms with Gasteiger partial charge in [-0.3, -0.25) is 4.79 Å². The molecule has 0 aromatic heterocycles. The third kappa shape index (κ3) is 2.38. The highest BCUT2D eigenvalue weighted by Crippen LogP contribution is 2.32. The van der Waals surface area contributed by atoms with E-state index in [9.17, 15) is 4.79 Å². The number of carbonyl (C=O) groups excluding carboxylic acids is 1. The van der Waals surface area contributed by atoms with Gasteiger partial charge in [0, 0.05) is 26.2 Å². The summed E-state index contributed by atoms with van der Waals surface area (Å²) >= 11 is 0. The van der Waals surface area contributed by atoms with E-state index in [1.807, 2.05) is 31.3 Å². The number of nitrogens with two attached hydrogens (primary N) is 1. The number of rotatable bonds is 3. The zero-order chi connectivity index (χ0) is 14.0. The molecule has 1 aliphatic rings. The van der Waals surface area contributed by atoms with Crippen LogP contribution in [-0.2, 0) is 4.79 Å². The molecule has 5 nitrogen and oxygen atoms in total. The van der Waals surface area contributed by atoms with E-state index in [4.69, 9.17) is 10.5 Å². The highest BCUT2D eigenvalue weighted by molar-refractivity contribution is 5.87. The maximum atomic E-state index is 12.2. The highest BCUT2D eigenvalue weighted by atomic mass is 16.5. The summed E-state index contributed by atoms with van der Waals surface area (Å²) in [6.07, 6.45) is 0. The molecule has 1 amide bonds. The summed E-state index contributed by atoms with van der Waals surface area (Å²) in [6.45, 7) is 3.08. The minimum Gasteiger partial charge on any atom is -0.495 e. The molecule has 2 rings (SSSR count). The lowest BCUT2D eigenvalue weighted by Gasteiger charge is -2.45. The van der Waals surface area contributed by atoms with Gasteiger partial charge >= 0.3 is 0 Å². The summed E-state index contributed by atoms with van der Waals surface area (Å²) in [7, 11) is 3.46. The molecule has 0 aliphatic carbocycles. The number of carbonyl (C=O) groups is 1. The Bertz CT molecular complexity index is 464. The maximum absolute atomic E-state index is 12.2. The third-order valence-electron chi connectivity index (χ3n) is 3.60. The molecule has 0 radical (unpaired) electrons. The van der Waals surface area contributed by atoms with Crippen molar-refractivity contribution in [3.8, 4) is 5.75 Å². The maximum Gasteiger partial charge on any atom is 0.246 e. The van der Waals surface area contributed by atoms with Crippen LogP contribution in [0.15, 0.2) is 24.3 Å². The number of piperazine rings is 1. The first kappa shape index (κ1) is 13.7. The summed E-state index contributed by atoms with van der Waals surface area (Å²) in [5.41, 5.74) is 6.73. The number of hydrogen-bond donors (Lipinski definition) is 1. The number of ether oxygens (including phenoxy) is 1. The predicted octanol–water partition coefficient (Wildman–Crippen LogP) is 0.689. The summed E-state index contributed by atoms with van der Waals surface area (Å²) < 4.78 is 5.39. The van der Waals surface area contributed by atoms with Crippen LogP contribution in [0.25, 0.3) is 0 Å². The van der Waals surface area contributed by atoms with E-state index in [2.05, 4.69) is 11.8 Å². The Morgan fingerprint density at radius 3 is 2.74 bits per heavy atom. The molecule has 19 heavy (non-hydrogen) atoms. The van der Waals surface area contributed by atoms with E-state index >= 15 is 0 Å². The summed E-state index contributed by atoms with van der Waals surface area (Å²) in [5.74, 6) is 0.830. The highest BCUT2D eigenvalue weighted by Gasteiger charge is 2.37. The van der Waals surface area contributed by atoms with Gasteiger partial charge in [0.15, 0.2) is 0 Å². The van der Waals surface area contributed by atoms with Crippen LogP contribution in [0.4, 0.5) is 5.69 Å². The molecule has 0 bridgehead atoms. The summed E-state index contributed by atoms with van der Waals surface area (Å²) in [4.78, 5) is 16.1. The fraction of sp³-hybridized carbons (Fsp3) is 0.500. The fourth-order valence-corrected chi connectivity index (χ4v) is 2.72. The number of hydrogen-bond acceptors (Lipinski definition) is 4. The molecule has 0 saturated carbocycles. The van der Waals surface area contributed by atoms with Gasteiger partial charge in [-0.15, -0.1) is 0 Å². The average molecular weight is 263 g/mol. The normalized spacial score (nSPS) is 23.7. The molecular formula is C14H21N3O2. The van der Waals surface area contributed by atoms with E-state index in [1.54, 1.807) is 12.0 Å². The van der Waals surface area contributed by atoms with Gasteiger partial charge in [0.25, 0.3) is 0 Å². The number of methoxy groups -OCH3 is 1. The standard InChI is InChI=1S/C14H21N3O2/c1-10-9-16(2)14(18)12(8-15)17(10)11-6-4-5-7-13(11)19-3/h4-7,10,12H,8-9,15H2,1-3H3. The minimum atomic E-state index is -0.329. The van der Waals surface area contributed by atoms with Gasteiger partial charge in [-0.2, -0.15) is 0 Å². The molecule has 2 atom stereocenters.